The van der Waals surface area contributed by atoms with Crippen LogP contribution in [0.3, 0.4) is 0 Å². The highest BCUT2D eigenvalue weighted by Crippen LogP contribution is 2.31. The zero-order valence-electron chi connectivity index (χ0n) is 12.1. The molecule has 0 aliphatic carbocycles. The molecule has 0 bridgehead atoms. The molecule has 0 spiro atoms. The summed E-state index contributed by atoms with van der Waals surface area (Å²) in [6.07, 6.45) is -0.930. The molecule has 2 rings (SSSR count). The molecule has 2 aromatic rings. The van der Waals surface area contributed by atoms with Crippen molar-refractivity contribution in [1.29, 1.82) is 0 Å². The second kappa shape index (κ2) is 7.42. The lowest BCUT2D eigenvalue weighted by Crippen LogP contribution is -2.15. The van der Waals surface area contributed by atoms with Gasteiger partial charge in [0.1, 0.15) is 12.3 Å². The van der Waals surface area contributed by atoms with Gasteiger partial charge in [0, 0.05) is 6.07 Å². The Morgan fingerprint density at radius 3 is 2.50 bits per heavy atom. The summed E-state index contributed by atoms with van der Waals surface area (Å²) >= 11 is 5.76. The molecule has 0 fully saturated rings. The Labute approximate surface area is 140 Å². The molecular formula is C15H11ClN2O6. The topological polar surface area (TPSA) is 119 Å². The van der Waals surface area contributed by atoms with Crippen LogP contribution in [0.2, 0.25) is 5.02 Å². The number of amides is 1. The zero-order chi connectivity index (χ0) is 17.7. The highest BCUT2D eigenvalue weighted by molar-refractivity contribution is 6.34. The fourth-order valence-corrected chi connectivity index (χ4v) is 2.09. The van der Waals surface area contributed by atoms with Gasteiger partial charge in [0.2, 0.25) is 0 Å². The van der Waals surface area contributed by atoms with Crippen LogP contribution in [0, 0.1) is 10.1 Å². The molecule has 0 saturated heterocycles. The summed E-state index contributed by atoms with van der Waals surface area (Å²) in [7, 11) is 0. The predicted octanol–water partition coefficient (Wildman–Crippen LogP) is 3.70. The third kappa shape index (κ3) is 4.20. The average Bonchev–Trinajstić information content (AvgIpc) is 2.53. The van der Waals surface area contributed by atoms with Gasteiger partial charge in [-0.05, 0) is 11.6 Å². The number of anilines is 1. The van der Waals surface area contributed by atoms with Crippen molar-refractivity contribution in [3.05, 3.63) is 68.7 Å². The first kappa shape index (κ1) is 17.2. The Morgan fingerprint density at radius 2 is 1.92 bits per heavy atom. The molecule has 1 amide bonds. The minimum atomic E-state index is -1.42. The van der Waals surface area contributed by atoms with E-state index in [-0.39, 0.29) is 17.3 Å². The number of hydrogen-bond acceptors (Lipinski definition) is 5. The van der Waals surface area contributed by atoms with Crippen molar-refractivity contribution < 1.29 is 24.4 Å². The number of carboxylic acids is 1. The number of halogens is 1. The second-order valence-corrected chi connectivity index (χ2v) is 5.01. The smallest absolute Gasteiger partial charge is 0.412 e. The van der Waals surface area contributed by atoms with E-state index in [1.165, 1.54) is 0 Å². The molecule has 0 unspecified atom stereocenters. The fraction of sp³-hybridized carbons (Fsp3) is 0.0667. The summed E-state index contributed by atoms with van der Waals surface area (Å²) in [6.45, 7) is -0.0264. The summed E-state index contributed by atoms with van der Waals surface area (Å²) in [5.41, 5.74) is -0.561. The predicted molar refractivity (Wildman–Crippen MR) is 85.3 cm³/mol. The van der Waals surface area contributed by atoms with Gasteiger partial charge in [-0.15, -0.1) is 0 Å². The van der Waals surface area contributed by atoms with Crippen LogP contribution in [0.4, 0.5) is 16.2 Å². The number of carbonyl (C=O) groups excluding carboxylic acids is 1. The molecule has 0 radical (unpaired) electrons. The van der Waals surface area contributed by atoms with E-state index < -0.39 is 28.2 Å². The molecule has 0 aliphatic rings. The van der Waals surface area contributed by atoms with E-state index in [9.17, 15) is 19.7 Å². The van der Waals surface area contributed by atoms with E-state index in [1.807, 2.05) is 0 Å². The van der Waals surface area contributed by atoms with Crippen LogP contribution in [0.15, 0.2) is 42.5 Å². The van der Waals surface area contributed by atoms with E-state index in [0.717, 1.165) is 17.7 Å². The average molecular weight is 351 g/mol. The Balaban J connectivity index is 2.16. The number of ether oxygens (including phenoxy) is 1. The van der Waals surface area contributed by atoms with Crippen LogP contribution in [0.25, 0.3) is 0 Å². The van der Waals surface area contributed by atoms with Crippen molar-refractivity contribution in [2.45, 2.75) is 6.61 Å². The minimum absolute atomic E-state index is 0.0264. The van der Waals surface area contributed by atoms with Crippen molar-refractivity contribution in [2.24, 2.45) is 0 Å². The first-order valence-corrected chi connectivity index (χ1v) is 6.95. The number of carbonyl (C=O) groups is 2. The first-order chi connectivity index (χ1) is 11.4. The number of nitro groups is 1. The van der Waals surface area contributed by atoms with Gasteiger partial charge in [-0.25, -0.2) is 9.59 Å². The quantitative estimate of drug-likeness (QED) is 0.627. The van der Waals surface area contributed by atoms with Crippen molar-refractivity contribution in [3.8, 4) is 0 Å². The lowest BCUT2D eigenvalue weighted by molar-refractivity contribution is -0.384. The maximum atomic E-state index is 11.8. The van der Waals surface area contributed by atoms with Crippen LogP contribution < -0.4 is 5.32 Å². The number of nitro benzene ring substituents is 1. The lowest BCUT2D eigenvalue weighted by atomic mass is 10.1. The SMILES string of the molecule is O=C(Nc1cc(Cl)c(C(=O)O)cc1[N+](=O)[O-])OCc1ccccc1. The van der Waals surface area contributed by atoms with Gasteiger partial charge in [-0.2, -0.15) is 0 Å². The van der Waals surface area contributed by atoms with Crippen LogP contribution >= 0.6 is 11.6 Å². The van der Waals surface area contributed by atoms with Crippen LogP contribution in [0.5, 0.6) is 0 Å². The molecule has 24 heavy (non-hydrogen) atoms. The molecule has 8 nitrogen and oxygen atoms in total. The van der Waals surface area contributed by atoms with E-state index in [1.54, 1.807) is 30.3 Å². The van der Waals surface area contributed by atoms with E-state index in [2.05, 4.69) is 5.32 Å². The maximum absolute atomic E-state index is 11.8. The highest BCUT2D eigenvalue weighted by Gasteiger charge is 2.22. The molecule has 124 valence electrons. The van der Waals surface area contributed by atoms with Crippen molar-refractivity contribution in [2.75, 3.05) is 5.32 Å². The largest absolute Gasteiger partial charge is 0.478 e. The number of nitrogens with zero attached hydrogens (tertiary/aromatic N) is 1. The van der Waals surface area contributed by atoms with Crippen LogP contribution in [-0.4, -0.2) is 22.1 Å². The monoisotopic (exact) mass is 350 g/mol. The summed E-state index contributed by atoms with van der Waals surface area (Å²) in [6, 6.07) is 10.6. The highest BCUT2D eigenvalue weighted by atomic mass is 35.5. The van der Waals surface area contributed by atoms with E-state index in [0.29, 0.717) is 0 Å². The zero-order valence-corrected chi connectivity index (χ0v) is 12.8. The Bertz CT molecular complexity index is 794. The Kier molecular flexibility index (Phi) is 5.33. The molecule has 0 aliphatic heterocycles. The summed E-state index contributed by atoms with van der Waals surface area (Å²) in [4.78, 5) is 33.0. The van der Waals surface area contributed by atoms with Gasteiger partial charge in [-0.1, -0.05) is 41.9 Å². The van der Waals surface area contributed by atoms with Gasteiger partial charge in [0.05, 0.1) is 15.5 Å². The number of aromatic carboxylic acids is 1. The second-order valence-electron chi connectivity index (χ2n) is 4.60. The molecule has 0 saturated carbocycles. The van der Waals surface area contributed by atoms with Crippen molar-refractivity contribution >= 4 is 35.0 Å². The molecule has 0 heterocycles. The molecule has 0 aromatic heterocycles. The standard InChI is InChI=1S/C15H11ClN2O6/c16-11-7-12(13(18(22)23)6-10(11)14(19)20)17-15(21)24-8-9-4-2-1-3-5-9/h1-7H,8H2,(H,17,21)(H,19,20). The maximum Gasteiger partial charge on any atom is 0.412 e. The van der Waals surface area contributed by atoms with Crippen molar-refractivity contribution in [3.63, 3.8) is 0 Å². The van der Waals surface area contributed by atoms with Gasteiger partial charge in [-0.3, -0.25) is 15.4 Å². The molecule has 2 N–H and O–H groups in total. The van der Waals surface area contributed by atoms with Gasteiger partial charge in [0.15, 0.2) is 0 Å². The fourth-order valence-electron chi connectivity index (χ4n) is 1.85. The summed E-state index contributed by atoms with van der Waals surface area (Å²) in [5.74, 6) is -1.42. The normalized spacial score (nSPS) is 10.0. The third-order valence-corrected chi connectivity index (χ3v) is 3.27. The van der Waals surface area contributed by atoms with Gasteiger partial charge < -0.3 is 9.84 Å². The number of hydrogen-bond donors (Lipinski definition) is 2. The number of carboxylic acid groups (broad SMARTS) is 1. The molecule has 2 aromatic carbocycles. The number of nitrogens with one attached hydrogen (secondary N) is 1. The van der Waals surface area contributed by atoms with Crippen LogP contribution in [0.1, 0.15) is 15.9 Å². The molecular weight excluding hydrogens is 340 g/mol. The Hall–Kier alpha value is -3.13. The first-order valence-electron chi connectivity index (χ1n) is 6.57. The van der Waals surface area contributed by atoms with Gasteiger partial charge in [0.25, 0.3) is 5.69 Å². The summed E-state index contributed by atoms with van der Waals surface area (Å²) in [5, 5.41) is 21.9. The minimum Gasteiger partial charge on any atom is -0.478 e. The third-order valence-electron chi connectivity index (χ3n) is 2.96. The lowest BCUT2D eigenvalue weighted by Gasteiger charge is -2.09. The Morgan fingerprint density at radius 1 is 1.25 bits per heavy atom. The van der Waals surface area contributed by atoms with E-state index in [4.69, 9.17) is 21.4 Å². The van der Waals surface area contributed by atoms with Crippen molar-refractivity contribution in [1.82, 2.24) is 0 Å². The molecule has 9 heteroatoms. The summed E-state index contributed by atoms with van der Waals surface area (Å²) < 4.78 is 4.95. The van der Waals surface area contributed by atoms with Gasteiger partial charge >= 0.3 is 12.1 Å². The number of rotatable bonds is 5. The molecule has 0 atom stereocenters. The number of benzene rings is 2. The van der Waals surface area contributed by atoms with E-state index >= 15 is 0 Å². The van der Waals surface area contributed by atoms with Crippen LogP contribution in [-0.2, 0) is 11.3 Å².